The zero-order valence-corrected chi connectivity index (χ0v) is 10.4. The van der Waals surface area contributed by atoms with Gasteiger partial charge in [0, 0.05) is 4.47 Å². The van der Waals surface area contributed by atoms with Crippen molar-refractivity contribution in [2.45, 2.75) is 0 Å². The molecule has 0 aromatic heterocycles. The average Bonchev–Trinajstić information content (AvgIpc) is 2.52. The minimum atomic E-state index is -0.375. The summed E-state index contributed by atoms with van der Waals surface area (Å²) in [5.74, 6) is 0. The monoisotopic (exact) mass is 287 g/mol. The fraction of sp³-hybridized carbons (Fsp3) is 0. The molecule has 0 N–H and O–H groups in total. The molecule has 0 saturated carbocycles. The zero-order valence-electron chi connectivity index (χ0n) is 13.8. The van der Waals surface area contributed by atoms with Crippen molar-refractivity contribution in [3.05, 3.63) is 71.1 Å². The molecule has 0 amide bonds. The molecule has 82 valence electrons. The van der Waals surface area contributed by atoms with Gasteiger partial charge in [0.05, 0.1) is 6.85 Å². The van der Waals surface area contributed by atoms with Crippen LogP contribution in [0.4, 0.5) is 0 Å². The summed E-state index contributed by atoms with van der Waals surface area (Å²) >= 11 is 3.48. The predicted octanol–water partition coefficient (Wildman–Crippen LogP) is 5.27. The van der Waals surface area contributed by atoms with Gasteiger partial charge >= 0.3 is 0 Å². The Labute approximate surface area is 116 Å². The molecule has 3 aromatic rings. The minimum absolute atomic E-state index is 0.182. The molecule has 0 aliphatic heterocycles. The van der Waals surface area contributed by atoms with Crippen molar-refractivity contribution in [1.82, 2.24) is 0 Å². The van der Waals surface area contributed by atoms with Crippen molar-refractivity contribution in [2.75, 3.05) is 0 Å². The number of hydrogen-bond donors (Lipinski definition) is 0. The summed E-state index contributed by atoms with van der Waals surface area (Å²) in [4.78, 5) is 0. The second-order valence-corrected chi connectivity index (χ2v) is 4.49. The molecule has 0 bridgehead atoms. The van der Waals surface area contributed by atoms with Gasteiger partial charge in [0.1, 0.15) is 0 Å². The molecule has 3 aromatic carbocycles. The number of hydrogen-bond acceptors (Lipinski definition) is 0. The first-order chi connectivity index (χ1) is 10.4. The Kier molecular flexibility index (Phi) is 1.63. The smallest absolute Gasteiger partial charge is 0.0622 e. The van der Waals surface area contributed by atoms with E-state index in [0.29, 0.717) is 5.56 Å². The third-order valence-corrected chi connectivity index (χ3v) is 3.33. The Morgan fingerprint density at radius 3 is 2.35 bits per heavy atom. The third kappa shape index (κ3) is 1.87. The molecule has 0 saturated heterocycles. The van der Waals surface area contributed by atoms with Gasteiger partial charge in [0.2, 0.25) is 0 Å². The maximum absolute atomic E-state index is 8.12. The van der Waals surface area contributed by atoms with Crippen LogP contribution in [0.3, 0.4) is 0 Å². The third-order valence-electron chi connectivity index (χ3n) is 2.64. The largest absolute Gasteiger partial charge is 0.0629 e. The van der Waals surface area contributed by atoms with Gasteiger partial charge in [-0.25, -0.2) is 0 Å². The second kappa shape index (κ2) is 4.34. The first kappa shape index (κ1) is 6.36. The van der Waals surface area contributed by atoms with E-state index >= 15 is 0 Å². The van der Waals surface area contributed by atoms with Crippen LogP contribution in [0.15, 0.2) is 71.1 Å². The van der Waals surface area contributed by atoms with Gasteiger partial charge in [0.15, 0.2) is 0 Å². The fourth-order valence-electron chi connectivity index (χ4n) is 1.87. The van der Waals surface area contributed by atoms with Gasteiger partial charge in [-0.15, -0.1) is 0 Å². The highest BCUT2D eigenvalue weighted by atomic mass is 79.9. The molecule has 0 atom stereocenters. The normalized spacial score (nSPS) is 14.8. The maximum atomic E-state index is 8.12. The lowest BCUT2D eigenvalue weighted by atomic mass is 9.98. The van der Waals surface area contributed by atoms with Crippen molar-refractivity contribution < 1.29 is 6.85 Å². The van der Waals surface area contributed by atoms with E-state index in [1.54, 1.807) is 6.07 Å². The highest BCUT2D eigenvalue weighted by Crippen LogP contribution is 2.32. The molecule has 1 heteroatoms. The van der Waals surface area contributed by atoms with Crippen molar-refractivity contribution >= 4 is 26.7 Å². The number of fused-ring (bicyclic) bond motifs is 1. The minimum Gasteiger partial charge on any atom is -0.0622 e. The Bertz CT molecular complexity index is 876. The lowest BCUT2D eigenvalue weighted by molar-refractivity contribution is 1.64. The van der Waals surface area contributed by atoms with Crippen molar-refractivity contribution in [3.63, 3.8) is 0 Å². The van der Waals surface area contributed by atoms with Crippen molar-refractivity contribution in [3.8, 4) is 11.1 Å². The number of benzene rings is 3. The van der Waals surface area contributed by atoms with Crippen LogP contribution in [0, 0.1) is 0 Å². The van der Waals surface area contributed by atoms with Gasteiger partial charge in [-0.05, 0) is 28.0 Å². The van der Waals surface area contributed by atoms with E-state index in [0.717, 1.165) is 15.2 Å². The van der Waals surface area contributed by atoms with E-state index in [1.165, 1.54) is 0 Å². The van der Waals surface area contributed by atoms with Crippen LogP contribution in [0.2, 0.25) is 0 Å². The van der Waals surface area contributed by atoms with E-state index in [4.69, 9.17) is 6.85 Å². The predicted molar refractivity (Wildman–Crippen MR) is 77.1 cm³/mol. The first-order valence-corrected chi connectivity index (χ1v) is 5.97. The van der Waals surface area contributed by atoms with Gasteiger partial charge < -0.3 is 0 Å². The number of halogens is 1. The highest BCUT2D eigenvalue weighted by Gasteiger charge is 2.04. The Hall–Kier alpha value is -1.60. The molecule has 0 aliphatic rings. The lowest BCUT2D eigenvalue weighted by Crippen LogP contribution is -1.81. The summed E-state index contributed by atoms with van der Waals surface area (Å²) in [5.41, 5.74) is 0.866. The number of rotatable bonds is 1. The molecule has 3 rings (SSSR count). The van der Waals surface area contributed by atoms with Crippen LogP contribution in [0.5, 0.6) is 0 Å². The van der Waals surface area contributed by atoms with Crippen LogP contribution in [0.25, 0.3) is 21.9 Å². The summed E-state index contributed by atoms with van der Waals surface area (Å²) in [6, 6.07) is 9.82. The maximum Gasteiger partial charge on any atom is 0.0629 e. The van der Waals surface area contributed by atoms with Gasteiger partial charge in [-0.1, -0.05) is 76.5 Å². The van der Waals surface area contributed by atoms with Crippen LogP contribution < -0.4 is 0 Å². The Morgan fingerprint density at radius 1 is 0.824 bits per heavy atom. The van der Waals surface area contributed by atoms with Crippen LogP contribution >= 0.6 is 15.9 Å². The molecule has 0 spiro atoms. The zero-order chi connectivity index (χ0) is 16.0. The van der Waals surface area contributed by atoms with Crippen LogP contribution in [0.1, 0.15) is 6.85 Å². The van der Waals surface area contributed by atoms with Gasteiger partial charge in [-0.3, -0.25) is 0 Å². The topological polar surface area (TPSA) is 0 Å². The fourth-order valence-corrected chi connectivity index (χ4v) is 2.37. The molecule has 0 radical (unpaired) electrons. The summed E-state index contributed by atoms with van der Waals surface area (Å²) in [6.07, 6.45) is 0. The standard InChI is InChI=1S/C16H11Br/c17-16-11-5-9-14-13(8-4-10-15(14)16)12-6-2-1-3-7-12/h1-11H/i1D,2D,3D,6D,7D. The van der Waals surface area contributed by atoms with Crippen molar-refractivity contribution in [2.24, 2.45) is 0 Å². The molecular weight excluding hydrogens is 272 g/mol. The lowest BCUT2D eigenvalue weighted by Gasteiger charge is -2.07. The van der Waals surface area contributed by atoms with E-state index in [2.05, 4.69) is 15.9 Å². The summed E-state index contributed by atoms with van der Waals surface area (Å²) < 4.78 is 40.5. The summed E-state index contributed by atoms with van der Waals surface area (Å²) in [6.45, 7) is 0. The average molecular weight is 288 g/mol. The first-order valence-electron chi connectivity index (χ1n) is 7.68. The van der Waals surface area contributed by atoms with E-state index < -0.39 is 0 Å². The Morgan fingerprint density at radius 2 is 1.53 bits per heavy atom. The second-order valence-electron chi connectivity index (χ2n) is 3.64. The SMILES string of the molecule is [2H]c1c([2H])c([2H])c(-c2cccc3c(Br)cccc23)c([2H])c1[2H]. The summed E-state index contributed by atoms with van der Waals surface area (Å²) in [5, 5.41) is 1.78. The van der Waals surface area contributed by atoms with E-state index in [9.17, 15) is 0 Å². The van der Waals surface area contributed by atoms with Crippen LogP contribution in [-0.2, 0) is 0 Å². The molecule has 0 fully saturated rings. The molecule has 17 heavy (non-hydrogen) atoms. The molecular formula is C16H11Br. The van der Waals surface area contributed by atoms with E-state index in [1.807, 2.05) is 30.3 Å². The summed E-state index contributed by atoms with van der Waals surface area (Å²) in [7, 11) is 0. The van der Waals surface area contributed by atoms with E-state index in [-0.39, 0.29) is 35.8 Å². The van der Waals surface area contributed by atoms with Crippen LogP contribution in [-0.4, -0.2) is 0 Å². The van der Waals surface area contributed by atoms with Gasteiger partial charge in [0.25, 0.3) is 0 Å². The molecule has 0 aliphatic carbocycles. The Balaban J connectivity index is 2.46. The molecule has 0 heterocycles. The molecule has 0 nitrogen and oxygen atoms in total. The molecule has 0 unspecified atom stereocenters. The highest BCUT2D eigenvalue weighted by molar-refractivity contribution is 9.10. The quantitative estimate of drug-likeness (QED) is 0.572. The van der Waals surface area contributed by atoms with Crippen molar-refractivity contribution in [1.29, 1.82) is 0 Å². The van der Waals surface area contributed by atoms with Gasteiger partial charge in [-0.2, -0.15) is 0 Å².